The molecule has 8 nitrogen and oxygen atoms in total. The largest absolute Gasteiger partial charge is 0.492 e. The summed E-state index contributed by atoms with van der Waals surface area (Å²) < 4.78 is 33.0. The number of halogens is 1. The van der Waals surface area contributed by atoms with E-state index in [9.17, 15) is 18.0 Å². The molecule has 2 rings (SSSR count). The maximum absolute atomic E-state index is 13.6. The van der Waals surface area contributed by atoms with Gasteiger partial charge < -0.3 is 15.0 Å². The number of carbonyl (C=O) groups excluding carboxylic acids is 2. The van der Waals surface area contributed by atoms with E-state index in [0.717, 1.165) is 20.6 Å². The van der Waals surface area contributed by atoms with Crippen molar-refractivity contribution in [2.24, 2.45) is 5.92 Å². The molecule has 1 atom stereocenters. The number of para-hydroxylation sites is 2. The molecule has 10 heteroatoms. The number of rotatable bonds is 12. The number of ether oxygens (including phenoxy) is 1. The number of carbonyl (C=O) groups is 2. The molecule has 0 aromatic heterocycles. The van der Waals surface area contributed by atoms with Gasteiger partial charge >= 0.3 is 0 Å². The zero-order chi connectivity index (χ0) is 26.2. The van der Waals surface area contributed by atoms with E-state index in [2.05, 4.69) is 21.2 Å². The Kier molecular flexibility index (Phi) is 10.6. The third-order valence-corrected chi connectivity index (χ3v) is 6.89. The standard InChI is InChI=1S/C25H34BrN3O5S/c1-6-34-23-10-8-7-9-22(23)29(35(5,32)33)17-24(30)28(16-20-11-13-21(26)14-12-20)19(4)25(31)27-15-18(2)3/h7-14,18-19H,6,15-17H2,1-5H3,(H,27,31). The van der Waals surface area contributed by atoms with Crippen molar-refractivity contribution in [3.63, 3.8) is 0 Å². The average Bonchev–Trinajstić information content (AvgIpc) is 2.80. The number of nitrogens with one attached hydrogen (secondary N) is 1. The molecule has 0 bridgehead atoms. The van der Waals surface area contributed by atoms with Crippen LogP contribution in [0.25, 0.3) is 0 Å². The summed E-state index contributed by atoms with van der Waals surface area (Å²) in [6, 6.07) is 13.3. The normalized spacial score (nSPS) is 12.2. The van der Waals surface area contributed by atoms with Crippen molar-refractivity contribution in [3.8, 4) is 5.75 Å². The van der Waals surface area contributed by atoms with Crippen LogP contribution in [0.3, 0.4) is 0 Å². The van der Waals surface area contributed by atoms with Crippen LogP contribution >= 0.6 is 15.9 Å². The zero-order valence-electron chi connectivity index (χ0n) is 20.8. The first kappa shape index (κ1) is 28.6. The SMILES string of the molecule is CCOc1ccccc1N(CC(=O)N(Cc1ccc(Br)cc1)C(C)C(=O)NCC(C)C)S(C)(=O)=O. The lowest BCUT2D eigenvalue weighted by Crippen LogP contribution is -2.51. The van der Waals surface area contributed by atoms with Crippen LogP contribution < -0.4 is 14.4 Å². The Hall–Kier alpha value is -2.59. The fourth-order valence-electron chi connectivity index (χ4n) is 3.36. The van der Waals surface area contributed by atoms with Crippen LogP contribution in [0.2, 0.25) is 0 Å². The molecule has 0 aliphatic carbocycles. The maximum atomic E-state index is 13.6. The topological polar surface area (TPSA) is 96.0 Å². The molecule has 0 heterocycles. The minimum Gasteiger partial charge on any atom is -0.492 e. The predicted octanol–water partition coefficient (Wildman–Crippen LogP) is 3.80. The number of sulfonamides is 1. The lowest BCUT2D eigenvalue weighted by Gasteiger charge is -2.32. The number of amides is 2. The summed E-state index contributed by atoms with van der Waals surface area (Å²) >= 11 is 3.40. The van der Waals surface area contributed by atoms with Crippen LogP contribution in [-0.2, 0) is 26.2 Å². The van der Waals surface area contributed by atoms with Gasteiger partial charge in [-0.05, 0) is 49.6 Å². The molecule has 1 unspecified atom stereocenters. The lowest BCUT2D eigenvalue weighted by atomic mass is 10.1. The molecule has 0 spiro atoms. The Balaban J connectivity index is 2.40. The molecule has 0 aliphatic rings. The molecular formula is C25H34BrN3O5S. The summed E-state index contributed by atoms with van der Waals surface area (Å²) in [6.07, 6.45) is 1.04. The average molecular weight is 569 g/mol. The molecule has 1 N–H and O–H groups in total. The van der Waals surface area contributed by atoms with E-state index in [1.165, 1.54) is 4.90 Å². The molecule has 0 saturated heterocycles. The summed E-state index contributed by atoms with van der Waals surface area (Å²) in [4.78, 5) is 27.9. The highest BCUT2D eigenvalue weighted by Gasteiger charge is 2.31. The van der Waals surface area contributed by atoms with Crippen LogP contribution in [0.15, 0.2) is 53.0 Å². The molecule has 0 radical (unpaired) electrons. The fourth-order valence-corrected chi connectivity index (χ4v) is 4.47. The van der Waals surface area contributed by atoms with E-state index in [4.69, 9.17) is 4.74 Å². The van der Waals surface area contributed by atoms with Crippen molar-refractivity contribution in [1.29, 1.82) is 0 Å². The van der Waals surface area contributed by atoms with Gasteiger partial charge in [-0.3, -0.25) is 13.9 Å². The minimum absolute atomic E-state index is 0.146. The number of anilines is 1. The van der Waals surface area contributed by atoms with Gasteiger partial charge in [-0.25, -0.2) is 8.42 Å². The molecule has 0 fully saturated rings. The van der Waals surface area contributed by atoms with E-state index < -0.39 is 28.5 Å². The van der Waals surface area contributed by atoms with Gasteiger partial charge in [0.2, 0.25) is 21.8 Å². The summed E-state index contributed by atoms with van der Waals surface area (Å²) in [5, 5.41) is 2.86. The first-order chi connectivity index (χ1) is 16.4. The van der Waals surface area contributed by atoms with E-state index in [1.807, 2.05) is 38.1 Å². The van der Waals surface area contributed by atoms with E-state index >= 15 is 0 Å². The van der Waals surface area contributed by atoms with Gasteiger partial charge in [-0.1, -0.05) is 54.0 Å². The third-order valence-electron chi connectivity index (χ3n) is 5.23. The Morgan fingerprint density at radius 3 is 2.26 bits per heavy atom. The number of benzene rings is 2. The minimum atomic E-state index is -3.83. The second-order valence-corrected chi connectivity index (χ2v) is 11.5. The molecular weight excluding hydrogens is 534 g/mol. The molecule has 35 heavy (non-hydrogen) atoms. The van der Waals surface area contributed by atoms with Crippen LogP contribution in [0.5, 0.6) is 5.75 Å². The fraction of sp³-hybridized carbons (Fsp3) is 0.440. The van der Waals surface area contributed by atoms with Gasteiger partial charge in [0.15, 0.2) is 0 Å². The van der Waals surface area contributed by atoms with Crippen molar-refractivity contribution >= 4 is 43.5 Å². The van der Waals surface area contributed by atoms with Crippen molar-refractivity contribution in [3.05, 3.63) is 58.6 Å². The van der Waals surface area contributed by atoms with Gasteiger partial charge in [0.05, 0.1) is 18.6 Å². The highest BCUT2D eigenvalue weighted by atomic mass is 79.9. The number of hydrogen-bond acceptors (Lipinski definition) is 5. The molecule has 0 saturated carbocycles. The Bertz CT molecular complexity index is 1110. The second kappa shape index (κ2) is 12.9. The first-order valence-corrected chi connectivity index (χ1v) is 14.1. The molecule has 2 aromatic carbocycles. The summed E-state index contributed by atoms with van der Waals surface area (Å²) in [5.41, 5.74) is 1.08. The quantitative estimate of drug-likeness (QED) is 0.420. The van der Waals surface area contributed by atoms with E-state index in [1.54, 1.807) is 38.1 Å². The van der Waals surface area contributed by atoms with Gasteiger partial charge in [-0.15, -0.1) is 0 Å². The molecule has 2 aromatic rings. The lowest BCUT2D eigenvalue weighted by molar-refractivity contribution is -0.139. The monoisotopic (exact) mass is 567 g/mol. The Labute approximate surface area is 216 Å². The smallest absolute Gasteiger partial charge is 0.244 e. The molecule has 0 aliphatic heterocycles. The maximum Gasteiger partial charge on any atom is 0.244 e. The van der Waals surface area contributed by atoms with Crippen molar-refractivity contribution in [2.45, 2.75) is 40.3 Å². The Morgan fingerprint density at radius 2 is 1.69 bits per heavy atom. The highest BCUT2D eigenvalue weighted by molar-refractivity contribution is 9.10. The van der Waals surface area contributed by atoms with Gasteiger partial charge in [0.1, 0.15) is 18.3 Å². The van der Waals surface area contributed by atoms with Gasteiger partial charge in [0.25, 0.3) is 0 Å². The van der Waals surface area contributed by atoms with Crippen LogP contribution in [0.1, 0.15) is 33.3 Å². The van der Waals surface area contributed by atoms with Crippen LogP contribution in [-0.4, -0.2) is 57.1 Å². The predicted molar refractivity (Wildman–Crippen MR) is 142 cm³/mol. The second-order valence-electron chi connectivity index (χ2n) is 8.63. The molecule has 192 valence electrons. The Morgan fingerprint density at radius 1 is 1.06 bits per heavy atom. The van der Waals surface area contributed by atoms with E-state index in [-0.39, 0.29) is 24.1 Å². The van der Waals surface area contributed by atoms with Crippen molar-refractivity contribution in [2.75, 3.05) is 30.3 Å². The highest BCUT2D eigenvalue weighted by Crippen LogP contribution is 2.30. The third kappa shape index (κ3) is 8.54. The van der Waals surface area contributed by atoms with E-state index in [0.29, 0.717) is 18.9 Å². The first-order valence-electron chi connectivity index (χ1n) is 11.4. The summed E-state index contributed by atoms with van der Waals surface area (Å²) in [7, 11) is -3.83. The van der Waals surface area contributed by atoms with Crippen LogP contribution in [0, 0.1) is 5.92 Å². The summed E-state index contributed by atoms with van der Waals surface area (Å²) in [6.45, 7) is 7.89. The van der Waals surface area contributed by atoms with Gasteiger partial charge in [0, 0.05) is 17.6 Å². The van der Waals surface area contributed by atoms with Crippen LogP contribution in [0.4, 0.5) is 5.69 Å². The van der Waals surface area contributed by atoms with Gasteiger partial charge in [-0.2, -0.15) is 0 Å². The summed E-state index contributed by atoms with van der Waals surface area (Å²) in [5.74, 6) is -0.199. The van der Waals surface area contributed by atoms with Crippen molar-refractivity contribution in [1.82, 2.24) is 10.2 Å². The number of nitrogens with zero attached hydrogens (tertiary/aromatic N) is 2. The molecule has 2 amide bonds. The number of hydrogen-bond donors (Lipinski definition) is 1. The van der Waals surface area contributed by atoms with Crippen molar-refractivity contribution < 1.29 is 22.7 Å². The zero-order valence-corrected chi connectivity index (χ0v) is 23.2.